The molecule has 9 heteroatoms. The molecule has 0 heterocycles. The molecule has 0 fully saturated rings. The first-order chi connectivity index (χ1) is 10.2. The maximum absolute atomic E-state index is 11.1. The summed E-state index contributed by atoms with van der Waals surface area (Å²) in [6.07, 6.45) is 2.24. The molecule has 0 aliphatic carbocycles. The van der Waals surface area contributed by atoms with E-state index < -0.39 is 14.2 Å². The van der Waals surface area contributed by atoms with Gasteiger partial charge in [0.15, 0.2) is 4.90 Å². The third-order valence-electron chi connectivity index (χ3n) is 2.47. The van der Waals surface area contributed by atoms with Crippen LogP contribution in [-0.4, -0.2) is 25.5 Å². The molecular weight excluding hydrogens is 405 g/mol. The molecular formula is C14H15AsF6OS. The summed E-state index contributed by atoms with van der Waals surface area (Å²) in [6.45, 7) is 0. The predicted octanol–water partition coefficient (Wildman–Crippen LogP) is 5.34. The molecule has 0 radical (unpaired) electrons. The molecule has 0 aromatic heterocycles. The molecule has 1 unspecified atom stereocenters. The van der Waals surface area contributed by atoms with E-state index in [1.165, 1.54) is 10.5 Å². The SMILES string of the molecule is C[S+](Cc1ccccc1)c1ccc(O)cc1.F[As-](F)(F)(F)(F)F. The van der Waals surface area contributed by atoms with Crippen molar-refractivity contribution in [3.63, 3.8) is 0 Å². The minimum atomic E-state index is -11.1. The average Bonchev–Trinajstić information content (AvgIpc) is 2.37. The van der Waals surface area contributed by atoms with Crippen LogP contribution in [0.15, 0.2) is 59.5 Å². The van der Waals surface area contributed by atoms with Gasteiger partial charge in [0, 0.05) is 16.5 Å². The van der Waals surface area contributed by atoms with Crippen LogP contribution in [0.4, 0.5) is 20.8 Å². The number of phenolic OH excluding ortho intramolecular Hbond substituents is 1. The van der Waals surface area contributed by atoms with Gasteiger partial charge in [-0.15, -0.1) is 0 Å². The zero-order valence-corrected chi connectivity index (χ0v) is 14.7. The van der Waals surface area contributed by atoms with Crippen LogP contribution in [0, 0.1) is 0 Å². The fourth-order valence-corrected chi connectivity index (χ4v) is 3.05. The van der Waals surface area contributed by atoms with Crippen LogP contribution in [0.5, 0.6) is 5.75 Å². The van der Waals surface area contributed by atoms with Gasteiger partial charge in [0.05, 0.1) is 0 Å². The summed E-state index contributed by atoms with van der Waals surface area (Å²) in [7, 11) is 0.196. The number of phenols is 1. The van der Waals surface area contributed by atoms with Gasteiger partial charge in [-0.3, -0.25) is 0 Å². The van der Waals surface area contributed by atoms with E-state index in [1.54, 1.807) is 12.1 Å². The second-order valence-corrected chi connectivity index (χ2v) is 10.8. The van der Waals surface area contributed by atoms with Gasteiger partial charge in [0.1, 0.15) is 17.8 Å². The summed E-state index contributed by atoms with van der Waals surface area (Å²) in [5.41, 5.74) is 1.36. The number of aromatic hydroxyl groups is 1. The van der Waals surface area contributed by atoms with E-state index in [4.69, 9.17) is 0 Å². The average molecular weight is 420 g/mol. The van der Waals surface area contributed by atoms with Gasteiger partial charge >= 0.3 is 35.0 Å². The van der Waals surface area contributed by atoms with Gasteiger partial charge in [-0.2, -0.15) is 0 Å². The van der Waals surface area contributed by atoms with Gasteiger partial charge in [0.25, 0.3) is 0 Å². The molecule has 0 aliphatic rings. The maximum atomic E-state index is 9.91. The van der Waals surface area contributed by atoms with Crippen LogP contribution in [0.3, 0.4) is 0 Å². The van der Waals surface area contributed by atoms with Crippen LogP contribution < -0.4 is 0 Å². The molecule has 0 bridgehead atoms. The van der Waals surface area contributed by atoms with Crippen LogP contribution in [0.1, 0.15) is 5.56 Å². The fourth-order valence-electron chi connectivity index (χ4n) is 1.59. The first kappa shape index (κ1) is 19.8. The summed E-state index contributed by atoms with van der Waals surface area (Å²) in [5, 5.41) is 9.23. The molecule has 0 spiro atoms. The van der Waals surface area contributed by atoms with E-state index >= 15 is 0 Å². The Morgan fingerprint density at radius 2 is 1.26 bits per heavy atom. The molecule has 2 rings (SSSR count). The Morgan fingerprint density at radius 3 is 1.70 bits per heavy atom. The van der Waals surface area contributed by atoms with E-state index in [-0.39, 0.29) is 10.9 Å². The molecule has 0 amide bonds. The summed E-state index contributed by atoms with van der Waals surface area (Å²) in [5.74, 6) is 1.39. The molecule has 1 atom stereocenters. The minimum absolute atomic E-state index is 0.196. The number of halogens is 6. The zero-order valence-electron chi connectivity index (χ0n) is 12.0. The summed E-state index contributed by atoms with van der Waals surface area (Å²) in [6, 6.07) is 18.0. The van der Waals surface area contributed by atoms with Gasteiger partial charge in [0.2, 0.25) is 0 Å². The monoisotopic (exact) mass is 420 g/mol. The van der Waals surface area contributed by atoms with Crippen LogP contribution in [-0.2, 0) is 16.6 Å². The van der Waals surface area contributed by atoms with E-state index in [0.29, 0.717) is 5.75 Å². The van der Waals surface area contributed by atoms with Crippen molar-refractivity contribution >= 4 is 25.1 Å². The second kappa shape index (κ2) is 6.32. The van der Waals surface area contributed by atoms with Crippen molar-refractivity contribution in [2.24, 2.45) is 0 Å². The Bertz CT molecular complexity index is 616. The van der Waals surface area contributed by atoms with Crippen molar-refractivity contribution in [1.82, 2.24) is 0 Å². The fraction of sp³-hybridized carbons (Fsp3) is 0.143. The molecule has 2 aromatic carbocycles. The Hall–Kier alpha value is -1.27. The van der Waals surface area contributed by atoms with Crippen LogP contribution in [0.2, 0.25) is 0 Å². The predicted molar refractivity (Wildman–Crippen MR) is 82.2 cm³/mol. The molecule has 23 heavy (non-hydrogen) atoms. The van der Waals surface area contributed by atoms with Gasteiger partial charge < -0.3 is 5.11 Å². The summed E-state index contributed by atoms with van der Waals surface area (Å²) in [4.78, 5) is 1.29. The molecule has 0 saturated heterocycles. The van der Waals surface area contributed by atoms with Crippen molar-refractivity contribution in [1.29, 1.82) is 0 Å². The normalized spacial score (nSPS) is 15.6. The third kappa shape index (κ3) is 11.9. The van der Waals surface area contributed by atoms with E-state index in [0.717, 1.165) is 5.75 Å². The summed E-state index contributed by atoms with van der Waals surface area (Å²) < 4.78 is 59.4. The van der Waals surface area contributed by atoms with E-state index in [9.17, 15) is 25.9 Å². The van der Waals surface area contributed by atoms with Gasteiger partial charge in [-0.25, -0.2) is 0 Å². The zero-order chi connectivity index (χ0) is 17.8. The van der Waals surface area contributed by atoms with Crippen molar-refractivity contribution in [3.8, 4) is 5.75 Å². The van der Waals surface area contributed by atoms with Crippen LogP contribution >= 0.6 is 0 Å². The Morgan fingerprint density at radius 1 is 0.826 bits per heavy atom. The molecule has 1 N–H and O–H groups in total. The first-order valence-corrected chi connectivity index (χ1v) is 12.3. The van der Waals surface area contributed by atoms with E-state index in [1.807, 2.05) is 18.2 Å². The standard InChI is InChI=1S/C14H14OS.AsF6/c1-16(11-12-5-3-2-4-6-12)14-9-7-13(15)8-10-14;2-1(3,4,5,6)7/h2-10H,11H2,1H3;/q;-1/p+1. The molecule has 2 aromatic rings. The number of hydrogen-bond acceptors (Lipinski definition) is 1. The van der Waals surface area contributed by atoms with Gasteiger partial charge in [-0.1, -0.05) is 30.3 Å². The number of rotatable bonds is 3. The Kier molecular flexibility index (Phi) is 5.43. The first-order valence-electron chi connectivity index (χ1n) is 6.22. The molecule has 130 valence electrons. The summed E-state index contributed by atoms with van der Waals surface area (Å²) >= 11 is -11.1. The molecule has 1 nitrogen and oxygen atoms in total. The van der Waals surface area contributed by atoms with Crippen molar-refractivity contribution in [3.05, 3.63) is 60.2 Å². The molecule has 0 aliphatic heterocycles. The molecule has 0 saturated carbocycles. The Balaban J connectivity index is 0.000000322. The van der Waals surface area contributed by atoms with E-state index in [2.05, 4.69) is 30.5 Å². The van der Waals surface area contributed by atoms with Crippen molar-refractivity contribution in [2.45, 2.75) is 10.6 Å². The third-order valence-corrected chi connectivity index (χ3v) is 4.31. The Labute approximate surface area is 134 Å². The number of benzene rings is 2. The van der Waals surface area contributed by atoms with Crippen molar-refractivity contribution in [2.75, 3.05) is 6.26 Å². The topological polar surface area (TPSA) is 20.2 Å². The quantitative estimate of drug-likeness (QED) is 0.404. The van der Waals surface area contributed by atoms with Crippen LogP contribution in [0.25, 0.3) is 0 Å². The number of hydrogen-bond donors (Lipinski definition) is 1. The van der Waals surface area contributed by atoms with Crippen molar-refractivity contribution < 1.29 is 25.9 Å². The second-order valence-electron chi connectivity index (χ2n) is 4.72. The van der Waals surface area contributed by atoms with Gasteiger partial charge in [-0.05, 0) is 24.3 Å².